The van der Waals surface area contributed by atoms with Gasteiger partial charge in [0.15, 0.2) is 0 Å². The van der Waals surface area contributed by atoms with E-state index in [1.54, 1.807) is 0 Å². The van der Waals surface area contributed by atoms with Crippen LogP contribution in [0.25, 0.3) is 0 Å². The fourth-order valence-corrected chi connectivity index (χ4v) is 1.98. The standard InChI is InChI=1S/C12H17N/c1-2-4-11(5-3-1)6-7-12-8-9-13-10-12/h1-5,12-13H,6-10H2. The van der Waals surface area contributed by atoms with E-state index < -0.39 is 0 Å². The molecule has 1 atom stereocenters. The molecule has 1 N–H and O–H groups in total. The summed E-state index contributed by atoms with van der Waals surface area (Å²) in [6.07, 6.45) is 3.96. The summed E-state index contributed by atoms with van der Waals surface area (Å²) in [5.41, 5.74) is 1.48. The van der Waals surface area contributed by atoms with Crippen molar-refractivity contribution in [3.63, 3.8) is 0 Å². The average Bonchev–Trinajstić information content (AvgIpc) is 2.69. The van der Waals surface area contributed by atoms with Crippen LogP contribution in [0.15, 0.2) is 30.3 Å². The van der Waals surface area contributed by atoms with Gasteiger partial charge in [-0.15, -0.1) is 0 Å². The normalized spacial score (nSPS) is 22.0. The lowest BCUT2D eigenvalue weighted by molar-refractivity contribution is 0.533. The zero-order valence-corrected chi connectivity index (χ0v) is 8.00. The summed E-state index contributed by atoms with van der Waals surface area (Å²) in [6, 6.07) is 10.8. The van der Waals surface area contributed by atoms with Gasteiger partial charge in [0.25, 0.3) is 0 Å². The van der Waals surface area contributed by atoms with E-state index in [4.69, 9.17) is 0 Å². The lowest BCUT2D eigenvalue weighted by Crippen LogP contribution is -2.09. The van der Waals surface area contributed by atoms with Crippen LogP contribution in [0.5, 0.6) is 0 Å². The number of nitrogens with one attached hydrogen (secondary N) is 1. The molecule has 2 rings (SSSR count). The van der Waals surface area contributed by atoms with E-state index in [-0.39, 0.29) is 0 Å². The Hall–Kier alpha value is -0.820. The monoisotopic (exact) mass is 175 g/mol. The number of hydrogen-bond donors (Lipinski definition) is 1. The Kier molecular flexibility index (Phi) is 2.98. The molecule has 1 fully saturated rings. The third-order valence-corrected chi connectivity index (χ3v) is 2.85. The molecule has 1 aliphatic heterocycles. The van der Waals surface area contributed by atoms with Crippen molar-refractivity contribution < 1.29 is 0 Å². The molecule has 1 saturated heterocycles. The first kappa shape index (κ1) is 8.76. The van der Waals surface area contributed by atoms with Crippen molar-refractivity contribution in [2.45, 2.75) is 19.3 Å². The van der Waals surface area contributed by atoms with Crippen LogP contribution in [-0.2, 0) is 6.42 Å². The second-order valence-electron chi connectivity index (χ2n) is 3.88. The largest absolute Gasteiger partial charge is 0.316 e. The van der Waals surface area contributed by atoms with Gasteiger partial charge in [-0.25, -0.2) is 0 Å². The summed E-state index contributed by atoms with van der Waals surface area (Å²) >= 11 is 0. The Bertz CT molecular complexity index is 237. The number of aryl methyl sites for hydroxylation is 1. The molecule has 70 valence electrons. The van der Waals surface area contributed by atoms with Crippen LogP contribution in [-0.4, -0.2) is 13.1 Å². The summed E-state index contributed by atoms with van der Waals surface area (Å²) < 4.78 is 0. The fourth-order valence-electron chi connectivity index (χ4n) is 1.98. The van der Waals surface area contributed by atoms with Gasteiger partial charge >= 0.3 is 0 Å². The Morgan fingerprint density at radius 3 is 2.77 bits per heavy atom. The van der Waals surface area contributed by atoms with Crippen molar-refractivity contribution in [2.75, 3.05) is 13.1 Å². The highest BCUT2D eigenvalue weighted by molar-refractivity contribution is 5.14. The molecule has 0 amide bonds. The molecule has 1 aromatic rings. The molecule has 1 aliphatic rings. The summed E-state index contributed by atoms with van der Waals surface area (Å²) in [7, 11) is 0. The average molecular weight is 175 g/mol. The van der Waals surface area contributed by atoms with E-state index in [2.05, 4.69) is 35.6 Å². The lowest BCUT2D eigenvalue weighted by atomic mass is 9.99. The molecule has 1 heteroatoms. The van der Waals surface area contributed by atoms with Crippen LogP contribution >= 0.6 is 0 Å². The van der Waals surface area contributed by atoms with Gasteiger partial charge in [0.1, 0.15) is 0 Å². The van der Waals surface area contributed by atoms with Crippen molar-refractivity contribution in [1.82, 2.24) is 5.32 Å². The highest BCUT2D eigenvalue weighted by Crippen LogP contribution is 2.15. The zero-order valence-electron chi connectivity index (χ0n) is 8.00. The SMILES string of the molecule is c1ccc(CCC2CCNC2)cc1. The molecular weight excluding hydrogens is 158 g/mol. The molecule has 0 spiro atoms. The summed E-state index contributed by atoms with van der Waals surface area (Å²) in [4.78, 5) is 0. The minimum Gasteiger partial charge on any atom is -0.316 e. The van der Waals surface area contributed by atoms with Crippen molar-refractivity contribution in [1.29, 1.82) is 0 Å². The van der Waals surface area contributed by atoms with E-state index in [0.29, 0.717) is 0 Å². The minimum absolute atomic E-state index is 0.917. The van der Waals surface area contributed by atoms with Gasteiger partial charge in [0.2, 0.25) is 0 Å². The zero-order chi connectivity index (χ0) is 8.93. The molecular formula is C12H17N. The Labute approximate surface area is 80.2 Å². The van der Waals surface area contributed by atoms with E-state index in [0.717, 1.165) is 5.92 Å². The molecule has 1 nitrogen and oxygen atoms in total. The lowest BCUT2D eigenvalue weighted by Gasteiger charge is -2.07. The van der Waals surface area contributed by atoms with Crippen LogP contribution in [0, 0.1) is 5.92 Å². The summed E-state index contributed by atoms with van der Waals surface area (Å²) in [6.45, 7) is 2.45. The predicted octanol–water partition coefficient (Wildman–Crippen LogP) is 2.23. The molecule has 13 heavy (non-hydrogen) atoms. The first-order valence-electron chi connectivity index (χ1n) is 5.20. The smallest absolute Gasteiger partial charge is 0.00199 e. The number of benzene rings is 1. The predicted molar refractivity (Wildman–Crippen MR) is 55.7 cm³/mol. The van der Waals surface area contributed by atoms with E-state index in [1.807, 2.05) is 0 Å². The van der Waals surface area contributed by atoms with Gasteiger partial charge in [-0.1, -0.05) is 30.3 Å². The second-order valence-corrected chi connectivity index (χ2v) is 3.88. The van der Waals surface area contributed by atoms with E-state index in [9.17, 15) is 0 Å². The van der Waals surface area contributed by atoms with Gasteiger partial charge in [-0.3, -0.25) is 0 Å². The van der Waals surface area contributed by atoms with Crippen molar-refractivity contribution in [3.8, 4) is 0 Å². The summed E-state index contributed by atoms with van der Waals surface area (Å²) in [5, 5.41) is 3.41. The Balaban J connectivity index is 1.79. The first-order chi connectivity index (χ1) is 6.45. The van der Waals surface area contributed by atoms with E-state index in [1.165, 1.54) is 37.9 Å². The topological polar surface area (TPSA) is 12.0 Å². The Morgan fingerprint density at radius 1 is 1.23 bits per heavy atom. The van der Waals surface area contributed by atoms with Crippen LogP contribution in [0.4, 0.5) is 0 Å². The molecule has 1 unspecified atom stereocenters. The first-order valence-corrected chi connectivity index (χ1v) is 5.20. The van der Waals surface area contributed by atoms with Crippen LogP contribution in [0.2, 0.25) is 0 Å². The van der Waals surface area contributed by atoms with Gasteiger partial charge in [0.05, 0.1) is 0 Å². The minimum atomic E-state index is 0.917. The molecule has 1 heterocycles. The number of hydrogen-bond acceptors (Lipinski definition) is 1. The summed E-state index contributed by atoms with van der Waals surface area (Å²) in [5.74, 6) is 0.917. The highest BCUT2D eigenvalue weighted by Gasteiger charge is 2.13. The maximum Gasteiger partial charge on any atom is -0.00199 e. The second kappa shape index (κ2) is 4.43. The van der Waals surface area contributed by atoms with Gasteiger partial charge in [0, 0.05) is 0 Å². The van der Waals surface area contributed by atoms with Gasteiger partial charge in [-0.2, -0.15) is 0 Å². The highest BCUT2D eigenvalue weighted by atomic mass is 14.9. The fraction of sp³-hybridized carbons (Fsp3) is 0.500. The Morgan fingerprint density at radius 2 is 2.08 bits per heavy atom. The van der Waals surface area contributed by atoms with E-state index >= 15 is 0 Å². The molecule has 1 aromatic carbocycles. The third kappa shape index (κ3) is 2.56. The molecule has 0 bridgehead atoms. The van der Waals surface area contributed by atoms with Crippen molar-refractivity contribution in [2.24, 2.45) is 5.92 Å². The number of rotatable bonds is 3. The van der Waals surface area contributed by atoms with Crippen LogP contribution in [0.1, 0.15) is 18.4 Å². The molecule has 0 aliphatic carbocycles. The quantitative estimate of drug-likeness (QED) is 0.743. The third-order valence-electron chi connectivity index (χ3n) is 2.85. The molecule has 0 radical (unpaired) electrons. The molecule has 0 aromatic heterocycles. The molecule has 0 saturated carbocycles. The van der Waals surface area contributed by atoms with Gasteiger partial charge in [-0.05, 0) is 43.8 Å². The van der Waals surface area contributed by atoms with Crippen LogP contribution in [0.3, 0.4) is 0 Å². The maximum atomic E-state index is 3.41. The van der Waals surface area contributed by atoms with Crippen molar-refractivity contribution in [3.05, 3.63) is 35.9 Å². The maximum absolute atomic E-state index is 3.41. The van der Waals surface area contributed by atoms with Gasteiger partial charge < -0.3 is 5.32 Å². The van der Waals surface area contributed by atoms with Crippen LogP contribution < -0.4 is 5.32 Å². The van der Waals surface area contributed by atoms with Crippen molar-refractivity contribution >= 4 is 0 Å².